The first kappa shape index (κ1) is 28.9. The van der Waals surface area contributed by atoms with Gasteiger partial charge in [-0.3, -0.25) is 0 Å². The fourth-order valence-corrected chi connectivity index (χ4v) is 3.75. The zero-order valence-electron chi connectivity index (χ0n) is 18.2. The summed E-state index contributed by atoms with van der Waals surface area (Å²) in [5.74, 6) is 0. The smallest absolute Gasteiger partial charge is 0.00773 e. The van der Waals surface area contributed by atoms with E-state index in [0.29, 0.717) is 0 Å². The molecule has 0 heterocycles. The highest BCUT2D eigenvalue weighted by molar-refractivity contribution is 14.0. The van der Waals surface area contributed by atoms with Crippen LogP contribution in [0.1, 0.15) is 148 Å². The maximum atomic E-state index is 5.51. The van der Waals surface area contributed by atoms with Crippen LogP contribution in [0.25, 0.3) is 0 Å². The van der Waals surface area contributed by atoms with Gasteiger partial charge in [-0.1, -0.05) is 142 Å². The monoisotopic (exact) mass is 481 g/mol. The van der Waals surface area contributed by atoms with Crippen molar-refractivity contribution in [3.63, 3.8) is 0 Å². The molecule has 0 rings (SSSR count). The normalized spacial score (nSPS) is 10.8. The van der Waals surface area contributed by atoms with Gasteiger partial charge in [0.15, 0.2) is 0 Å². The number of nitrogens with two attached hydrogens (primary N) is 1. The molecule has 0 saturated carbocycles. The number of hydrogen-bond acceptors (Lipinski definition) is 1. The molecule has 1 nitrogen and oxygen atoms in total. The van der Waals surface area contributed by atoms with Gasteiger partial charge >= 0.3 is 0 Å². The third-order valence-corrected chi connectivity index (χ3v) is 5.56. The highest BCUT2D eigenvalue weighted by atomic mass is 127. The Bertz CT molecular complexity index is 198. The van der Waals surface area contributed by atoms with Crippen LogP contribution in [0.5, 0.6) is 0 Å². The van der Waals surface area contributed by atoms with Crippen molar-refractivity contribution < 1.29 is 0 Å². The summed E-state index contributed by atoms with van der Waals surface area (Å²) < 4.78 is 0. The number of rotatable bonds is 22. The average Bonchev–Trinajstić information content (AvgIpc) is 2.63. The minimum atomic E-state index is 0. The third kappa shape index (κ3) is 26.9. The van der Waals surface area contributed by atoms with Crippen LogP contribution in [0.2, 0.25) is 0 Å². The summed E-state index contributed by atoms with van der Waals surface area (Å²) in [5.41, 5.74) is 5.51. The summed E-state index contributed by atoms with van der Waals surface area (Å²) in [5, 5.41) is 0. The van der Waals surface area contributed by atoms with Gasteiger partial charge in [0.2, 0.25) is 0 Å². The van der Waals surface area contributed by atoms with Gasteiger partial charge in [0.05, 0.1) is 0 Å². The van der Waals surface area contributed by atoms with Crippen LogP contribution in [0.3, 0.4) is 0 Å². The molecular formula is C24H52IN. The van der Waals surface area contributed by atoms with Crippen molar-refractivity contribution in [3.8, 4) is 0 Å². The van der Waals surface area contributed by atoms with Gasteiger partial charge in [0.25, 0.3) is 0 Å². The molecule has 0 radical (unpaired) electrons. The summed E-state index contributed by atoms with van der Waals surface area (Å²) in [6.45, 7) is 3.17. The molecule has 0 saturated heterocycles. The van der Waals surface area contributed by atoms with E-state index >= 15 is 0 Å². The van der Waals surface area contributed by atoms with Crippen LogP contribution in [0, 0.1) is 0 Å². The van der Waals surface area contributed by atoms with Crippen molar-refractivity contribution in [2.75, 3.05) is 6.54 Å². The molecule has 0 aromatic carbocycles. The Kier molecular flexibility index (Phi) is 31.0. The van der Waals surface area contributed by atoms with Gasteiger partial charge in [0.1, 0.15) is 0 Å². The molecule has 0 atom stereocenters. The highest BCUT2D eigenvalue weighted by Gasteiger charge is 1.95. The first-order chi connectivity index (χ1) is 12.4. The highest BCUT2D eigenvalue weighted by Crippen LogP contribution is 2.15. The molecule has 0 aliphatic rings. The maximum Gasteiger partial charge on any atom is -0.00773 e. The molecule has 2 N–H and O–H groups in total. The Hall–Kier alpha value is 0.690. The number of hydrogen-bond donors (Lipinski definition) is 1. The minimum absolute atomic E-state index is 0. The lowest BCUT2D eigenvalue weighted by Crippen LogP contribution is -1.97. The first-order valence-electron chi connectivity index (χ1n) is 12.1. The first-order valence-corrected chi connectivity index (χ1v) is 12.1. The minimum Gasteiger partial charge on any atom is -0.330 e. The lowest BCUT2D eigenvalue weighted by atomic mass is 10.0. The SMILES string of the molecule is CCCCCCCCCCCCCCCCCCCCCCCCN.I. The molecule has 0 unspecified atom stereocenters. The molecule has 2 heteroatoms. The van der Waals surface area contributed by atoms with E-state index in [1.165, 1.54) is 141 Å². The summed E-state index contributed by atoms with van der Waals surface area (Å²) in [7, 11) is 0. The van der Waals surface area contributed by atoms with Crippen LogP contribution in [-0.2, 0) is 0 Å². The summed E-state index contributed by atoms with van der Waals surface area (Å²) in [4.78, 5) is 0. The molecule has 0 aliphatic carbocycles. The molecular weight excluding hydrogens is 429 g/mol. The average molecular weight is 482 g/mol. The van der Waals surface area contributed by atoms with Crippen molar-refractivity contribution in [2.24, 2.45) is 5.73 Å². The van der Waals surface area contributed by atoms with Crippen molar-refractivity contribution >= 4 is 24.0 Å². The van der Waals surface area contributed by atoms with Crippen LogP contribution in [0.4, 0.5) is 0 Å². The van der Waals surface area contributed by atoms with Crippen LogP contribution >= 0.6 is 24.0 Å². The van der Waals surface area contributed by atoms with Crippen LogP contribution < -0.4 is 5.73 Å². The second-order valence-corrected chi connectivity index (χ2v) is 8.21. The fourth-order valence-electron chi connectivity index (χ4n) is 3.75. The Morgan fingerprint density at radius 1 is 0.346 bits per heavy atom. The van der Waals surface area contributed by atoms with E-state index in [1.54, 1.807) is 0 Å². The maximum absolute atomic E-state index is 5.51. The zero-order chi connectivity index (χ0) is 18.3. The molecule has 0 bridgehead atoms. The molecule has 0 aromatic rings. The standard InChI is InChI=1S/C24H51N.HI/c1-2-3-4-5-6-7-8-9-10-11-12-13-14-15-16-17-18-19-20-21-22-23-24-25;/h2-25H2,1H3;1H. The van der Waals surface area contributed by atoms with E-state index in [9.17, 15) is 0 Å². The molecule has 0 amide bonds. The lowest BCUT2D eigenvalue weighted by molar-refractivity contribution is 0.519. The van der Waals surface area contributed by atoms with E-state index in [0.717, 1.165) is 6.54 Å². The van der Waals surface area contributed by atoms with E-state index in [4.69, 9.17) is 5.73 Å². The van der Waals surface area contributed by atoms with Gasteiger partial charge in [-0.05, 0) is 13.0 Å². The summed E-state index contributed by atoms with van der Waals surface area (Å²) in [6.07, 6.45) is 31.8. The third-order valence-electron chi connectivity index (χ3n) is 5.56. The molecule has 0 aromatic heterocycles. The van der Waals surface area contributed by atoms with E-state index in [-0.39, 0.29) is 24.0 Å². The van der Waals surface area contributed by atoms with Crippen LogP contribution in [-0.4, -0.2) is 6.54 Å². The predicted octanol–water partition coefficient (Wildman–Crippen LogP) is 9.17. The molecule has 0 fully saturated rings. The number of unbranched alkanes of at least 4 members (excludes halogenated alkanes) is 21. The molecule has 0 aliphatic heterocycles. The van der Waals surface area contributed by atoms with Gasteiger partial charge < -0.3 is 5.73 Å². The molecule has 160 valence electrons. The van der Waals surface area contributed by atoms with Gasteiger partial charge in [-0.2, -0.15) is 0 Å². The quantitative estimate of drug-likeness (QED) is 0.121. The van der Waals surface area contributed by atoms with Gasteiger partial charge in [-0.25, -0.2) is 0 Å². The number of halogens is 1. The van der Waals surface area contributed by atoms with E-state index in [1.807, 2.05) is 0 Å². The van der Waals surface area contributed by atoms with Crippen molar-refractivity contribution in [2.45, 2.75) is 148 Å². The van der Waals surface area contributed by atoms with Gasteiger partial charge in [0, 0.05) is 0 Å². The Morgan fingerprint density at radius 2 is 0.538 bits per heavy atom. The summed E-state index contributed by atoms with van der Waals surface area (Å²) >= 11 is 0. The van der Waals surface area contributed by atoms with Gasteiger partial charge in [-0.15, -0.1) is 24.0 Å². The van der Waals surface area contributed by atoms with Crippen LogP contribution in [0.15, 0.2) is 0 Å². The predicted molar refractivity (Wildman–Crippen MR) is 132 cm³/mol. The Morgan fingerprint density at radius 3 is 0.731 bits per heavy atom. The van der Waals surface area contributed by atoms with Crippen molar-refractivity contribution in [3.05, 3.63) is 0 Å². The second-order valence-electron chi connectivity index (χ2n) is 8.21. The fraction of sp³-hybridized carbons (Fsp3) is 1.00. The summed E-state index contributed by atoms with van der Waals surface area (Å²) in [6, 6.07) is 0. The topological polar surface area (TPSA) is 26.0 Å². The Balaban J connectivity index is 0. The van der Waals surface area contributed by atoms with Crippen molar-refractivity contribution in [1.29, 1.82) is 0 Å². The zero-order valence-corrected chi connectivity index (χ0v) is 20.6. The largest absolute Gasteiger partial charge is 0.330 e. The van der Waals surface area contributed by atoms with E-state index in [2.05, 4.69) is 6.92 Å². The molecule has 26 heavy (non-hydrogen) atoms. The Labute approximate surface area is 184 Å². The molecule has 0 spiro atoms. The second kappa shape index (κ2) is 27.9. The lowest BCUT2D eigenvalue weighted by Gasteiger charge is -2.04. The van der Waals surface area contributed by atoms with Crippen molar-refractivity contribution in [1.82, 2.24) is 0 Å². The van der Waals surface area contributed by atoms with E-state index < -0.39 is 0 Å².